The van der Waals surface area contributed by atoms with E-state index < -0.39 is 0 Å². The summed E-state index contributed by atoms with van der Waals surface area (Å²) in [5.74, 6) is 2.07. The van der Waals surface area contributed by atoms with Gasteiger partial charge in [0.2, 0.25) is 0 Å². The number of aromatic nitrogens is 4. The van der Waals surface area contributed by atoms with Crippen LogP contribution in [0.1, 0.15) is 37.5 Å². The minimum absolute atomic E-state index is 0.00838. The number of aromatic amines is 1. The molecule has 3 aromatic heterocycles. The van der Waals surface area contributed by atoms with Crippen molar-refractivity contribution in [1.29, 1.82) is 5.41 Å². The fourth-order valence-corrected chi connectivity index (χ4v) is 4.54. The normalized spacial score (nSPS) is 21.8. The molecular weight excluding hydrogens is 370 g/mol. The zero-order valence-electron chi connectivity index (χ0n) is 16.4. The van der Waals surface area contributed by atoms with Crippen molar-refractivity contribution in [3.05, 3.63) is 51.5 Å². The first-order valence-corrected chi connectivity index (χ1v) is 9.94. The Morgan fingerprint density at radius 1 is 1.41 bits per heavy atom. The molecular formula is C21H23N5O3. The summed E-state index contributed by atoms with van der Waals surface area (Å²) in [6.45, 7) is 4.79. The lowest BCUT2D eigenvalue weighted by Crippen LogP contribution is -2.34. The van der Waals surface area contributed by atoms with Gasteiger partial charge in [-0.15, -0.1) is 0 Å². The molecule has 0 unspecified atom stereocenters. The summed E-state index contributed by atoms with van der Waals surface area (Å²) >= 11 is 0. The van der Waals surface area contributed by atoms with Crippen LogP contribution in [0.3, 0.4) is 0 Å². The highest BCUT2D eigenvalue weighted by molar-refractivity contribution is 5.68. The molecule has 4 heterocycles. The fraction of sp³-hybridized carbons (Fsp3) is 0.429. The van der Waals surface area contributed by atoms with Crippen LogP contribution in [-0.2, 0) is 6.54 Å². The lowest BCUT2D eigenvalue weighted by molar-refractivity contribution is 0.136. The number of nitrogens with zero attached hydrogens (tertiary/aromatic N) is 3. The van der Waals surface area contributed by atoms with Crippen LogP contribution in [-0.4, -0.2) is 25.6 Å². The molecule has 8 nitrogen and oxygen atoms in total. The Balaban J connectivity index is 1.36. The van der Waals surface area contributed by atoms with E-state index in [1.807, 2.05) is 10.6 Å². The van der Waals surface area contributed by atoms with Crippen molar-refractivity contribution < 1.29 is 9.15 Å². The van der Waals surface area contributed by atoms with E-state index in [2.05, 4.69) is 21.9 Å². The number of imidazole rings is 1. The Labute approximate surface area is 166 Å². The van der Waals surface area contributed by atoms with Crippen molar-refractivity contribution in [2.75, 3.05) is 0 Å². The van der Waals surface area contributed by atoms with E-state index >= 15 is 0 Å². The number of hydrogen-bond acceptors (Lipinski definition) is 6. The molecule has 1 fully saturated rings. The zero-order chi connectivity index (χ0) is 20.1. The number of hydrogen-bond donors (Lipinski definition) is 2. The second kappa shape index (κ2) is 6.72. The maximum Gasteiger partial charge on any atom is 0.346 e. The number of fused-ring (bicyclic) bond motifs is 3. The second-order valence-electron chi connectivity index (χ2n) is 8.11. The fourth-order valence-electron chi connectivity index (χ4n) is 4.54. The maximum absolute atomic E-state index is 12.1. The Kier molecular flexibility index (Phi) is 4.15. The number of ether oxygens (including phenoxy) is 1. The number of rotatable bonds is 3. The van der Waals surface area contributed by atoms with Crippen LogP contribution in [0.2, 0.25) is 0 Å². The third kappa shape index (κ3) is 3.08. The first kappa shape index (κ1) is 17.9. The van der Waals surface area contributed by atoms with Gasteiger partial charge in [-0.25, -0.2) is 14.8 Å². The largest absolute Gasteiger partial charge is 0.485 e. The van der Waals surface area contributed by atoms with Crippen LogP contribution in [0.5, 0.6) is 5.75 Å². The second-order valence-corrected chi connectivity index (χ2v) is 8.11. The van der Waals surface area contributed by atoms with E-state index in [1.165, 1.54) is 5.57 Å². The summed E-state index contributed by atoms with van der Waals surface area (Å²) in [6.07, 6.45) is 8.16. The van der Waals surface area contributed by atoms with Gasteiger partial charge in [0.1, 0.15) is 28.7 Å². The van der Waals surface area contributed by atoms with Gasteiger partial charge >= 0.3 is 5.63 Å². The molecule has 1 saturated carbocycles. The lowest BCUT2D eigenvalue weighted by Gasteiger charge is -2.37. The molecule has 1 aliphatic carbocycles. The topological polar surface area (TPSA) is 110 Å². The minimum Gasteiger partial charge on any atom is -0.485 e. The number of nitrogens with one attached hydrogen (secondary N) is 2. The molecule has 5 rings (SSSR count). The summed E-state index contributed by atoms with van der Waals surface area (Å²) in [5.41, 5.74) is 3.02. The Hall–Kier alpha value is -3.16. The zero-order valence-corrected chi connectivity index (χ0v) is 16.4. The lowest BCUT2D eigenvalue weighted by atomic mass is 9.76. The monoisotopic (exact) mass is 393 g/mol. The van der Waals surface area contributed by atoms with Gasteiger partial charge in [0.15, 0.2) is 11.1 Å². The predicted molar refractivity (Wildman–Crippen MR) is 106 cm³/mol. The molecule has 2 N–H and O–H groups in total. The van der Waals surface area contributed by atoms with Crippen LogP contribution < -0.4 is 15.9 Å². The van der Waals surface area contributed by atoms with E-state index in [9.17, 15) is 4.79 Å². The molecule has 0 spiro atoms. The smallest absolute Gasteiger partial charge is 0.346 e. The van der Waals surface area contributed by atoms with Gasteiger partial charge in [-0.1, -0.05) is 6.92 Å². The number of aryl methyl sites for hydroxylation is 1. The molecule has 8 heteroatoms. The van der Waals surface area contributed by atoms with Gasteiger partial charge in [-0.3, -0.25) is 5.41 Å². The van der Waals surface area contributed by atoms with Crippen LogP contribution in [0, 0.1) is 24.2 Å². The number of H-pyrrole nitrogens is 1. The molecule has 3 aromatic rings. The van der Waals surface area contributed by atoms with Crippen molar-refractivity contribution in [2.24, 2.45) is 11.8 Å². The Morgan fingerprint density at radius 3 is 3.14 bits per heavy atom. The highest BCUT2D eigenvalue weighted by atomic mass is 16.5. The molecule has 0 saturated heterocycles. The van der Waals surface area contributed by atoms with Gasteiger partial charge < -0.3 is 18.7 Å². The molecule has 1 aliphatic heterocycles. The quantitative estimate of drug-likeness (QED) is 0.711. The first-order chi connectivity index (χ1) is 14.0. The van der Waals surface area contributed by atoms with Crippen LogP contribution in [0.4, 0.5) is 0 Å². The van der Waals surface area contributed by atoms with E-state index in [-0.39, 0.29) is 17.2 Å². The first-order valence-electron chi connectivity index (χ1n) is 9.94. The van der Waals surface area contributed by atoms with Gasteiger partial charge in [-0.2, -0.15) is 0 Å². The molecule has 0 bridgehead atoms. The molecule has 0 aromatic carbocycles. The van der Waals surface area contributed by atoms with Gasteiger partial charge in [0.05, 0.1) is 12.7 Å². The highest BCUT2D eigenvalue weighted by Gasteiger charge is 2.34. The van der Waals surface area contributed by atoms with Gasteiger partial charge in [-0.05, 0) is 49.7 Å². The molecule has 150 valence electrons. The van der Waals surface area contributed by atoms with Crippen LogP contribution in [0.15, 0.2) is 33.5 Å². The van der Waals surface area contributed by atoms with Crippen molar-refractivity contribution in [1.82, 2.24) is 19.5 Å². The third-order valence-corrected chi connectivity index (χ3v) is 6.15. The summed E-state index contributed by atoms with van der Waals surface area (Å²) in [6, 6.07) is 1.80. The van der Waals surface area contributed by atoms with Crippen LogP contribution >= 0.6 is 0 Å². The van der Waals surface area contributed by atoms with Gasteiger partial charge in [0.25, 0.3) is 0 Å². The van der Waals surface area contributed by atoms with E-state index in [0.29, 0.717) is 34.4 Å². The minimum atomic E-state index is -0.328. The van der Waals surface area contributed by atoms with Crippen molar-refractivity contribution in [3.63, 3.8) is 0 Å². The van der Waals surface area contributed by atoms with E-state index in [4.69, 9.17) is 14.6 Å². The Bertz CT molecular complexity index is 1240. The molecule has 29 heavy (non-hydrogen) atoms. The average Bonchev–Trinajstić information content (AvgIpc) is 3.19. The molecule has 0 amide bonds. The molecule has 2 aliphatic rings. The van der Waals surface area contributed by atoms with Gasteiger partial charge in [0, 0.05) is 12.6 Å². The summed E-state index contributed by atoms with van der Waals surface area (Å²) in [7, 11) is 0. The van der Waals surface area contributed by atoms with Crippen molar-refractivity contribution >= 4 is 17.2 Å². The summed E-state index contributed by atoms with van der Waals surface area (Å²) in [5, 5.41) is 7.90. The molecule has 3 atom stereocenters. The van der Waals surface area contributed by atoms with Crippen LogP contribution in [0.25, 0.3) is 17.2 Å². The highest BCUT2D eigenvalue weighted by Crippen LogP contribution is 2.40. The SMILES string of the molecule is Cc1cc2c(c(=O)o1)C=C1CC[C@H]([C@H](C)Cn3cnc(=N)c4[nH]cnc43)C[C@@H]1O2. The third-order valence-electron chi connectivity index (χ3n) is 6.15. The predicted octanol–water partition coefficient (Wildman–Crippen LogP) is 2.78. The Morgan fingerprint density at radius 2 is 2.28 bits per heavy atom. The maximum atomic E-state index is 12.1. The summed E-state index contributed by atoms with van der Waals surface area (Å²) in [4.78, 5) is 23.6. The standard InChI is InChI=1S/C21H23N5O3/c1-11(8-26-10-25-19(22)18-20(26)24-9-23-18)13-3-4-14-6-15-17(29-16(14)7-13)5-12(2)28-21(15)27/h5-6,9-11,13,16,22H,3-4,7-8H2,1-2H3,(H,23,24)/t11-,13+,16+/m1/s1. The average molecular weight is 393 g/mol. The van der Waals surface area contributed by atoms with E-state index in [1.54, 1.807) is 25.6 Å². The van der Waals surface area contributed by atoms with Crippen molar-refractivity contribution in [2.45, 2.75) is 45.8 Å². The summed E-state index contributed by atoms with van der Waals surface area (Å²) < 4.78 is 13.4. The van der Waals surface area contributed by atoms with E-state index in [0.717, 1.165) is 31.5 Å². The molecule has 0 radical (unpaired) electrons. The van der Waals surface area contributed by atoms with Crippen molar-refractivity contribution in [3.8, 4) is 5.75 Å².